The Hall–Kier alpha value is -2.73. The molecule has 3 aromatic rings. The highest BCUT2D eigenvalue weighted by atomic mass is 32.2. The number of aromatic nitrogens is 1. The summed E-state index contributed by atoms with van der Waals surface area (Å²) in [5.41, 5.74) is 5.41. The number of hydrogen-bond donors (Lipinski definition) is 2. The number of hydrogen-bond acceptors (Lipinski definition) is 4. The van der Waals surface area contributed by atoms with Gasteiger partial charge >= 0.3 is 5.97 Å². The monoisotopic (exact) mass is 422 g/mol. The van der Waals surface area contributed by atoms with Gasteiger partial charge in [0, 0.05) is 34.6 Å². The lowest BCUT2D eigenvalue weighted by atomic mass is 9.95. The molecule has 0 unspecified atom stereocenters. The summed E-state index contributed by atoms with van der Waals surface area (Å²) in [5, 5.41) is 3.90. The maximum Gasteiger partial charge on any atom is 0.338 e. The van der Waals surface area contributed by atoms with Gasteiger partial charge < -0.3 is 15.0 Å². The van der Waals surface area contributed by atoms with Gasteiger partial charge in [-0.1, -0.05) is 30.3 Å². The molecule has 156 valence electrons. The number of carbonyl (C=O) groups is 2. The van der Waals surface area contributed by atoms with Gasteiger partial charge in [0.15, 0.2) is 6.61 Å². The summed E-state index contributed by atoms with van der Waals surface area (Å²) in [6.45, 7) is 0.292. The summed E-state index contributed by atoms with van der Waals surface area (Å²) in [6, 6.07) is 15.8. The number of ether oxygens (including phenoxy) is 1. The van der Waals surface area contributed by atoms with Crippen LogP contribution in [0.25, 0.3) is 10.9 Å². The highest BCUT2D eigenvalue weighted by molar-refractivity contribution is 7.98. The van der Waals surface area contributed by atoms with E-state index in [0.29, 0.717) is 12.1 Å². The standard InChI is InChI=1S/C24H26N2O3S/c27-23(25-12-13-30-16-17-6-2-1-3-7-17)15-29-24(28)18-10-11-22-20(14-18)19-8-4-5-9-21(19)26-22/h1-3,6-7,10-11,14,26H,4-5,8-9,12-13,15-16H2,(H,25,27). The fraction of sp³-hybridized carbons (Fsp3) is 0.333. The fourth-order valence-electron chi connectivity index (χ4n) is 3.83. The number of aryl methyl sites for hydroxylation is 2. The van der Waals surface area contributed by atoms with E-state index < -0.39 is 5.97 Å². The second kappa shape index (κ2) is 9.85. The maximum absolute atomic E-state index is 12.4. The molecule has 1 aromatic heterocycles. The normalized spacial score (nSPS) is 13.1. The van der Waals surface area contributed by atoms with Crippen LogP contribution in [-0.4, -0.2) is 35.8 Å². The average molecular weight is 423 g/mol. The zero-order chi connectivity index (χ0) is 20.8. The van der Waals surface area contributed by atoms with Crippen molar-refractivity contribution in [3.63, 3.8) is 0 Å². The second-order valence-electron chi connectivity index (χ2n) is 7.51. The summed E-state index contributed by atoms with van der Waals surface area (Å²) < 4.78 is 5.22. The molecule has 30 heavy (non-hydrogen) atoms. The van der Waals surface area contributed by atoms with E-state index in [4.69, 9.17) is 4.74 Å². The molecule has 0 fully saturated rings. The van der Waals surface area contributed by atoms with E-state index in [1.807, 2.05) is 30.3 Å². The largest absolute Gasteiger partial charge is 0.452 e. The topological polar surface area (TPSA) is 71.2 Å². The summed E-state index contributed by atoms with van der Waals surface area (Å²) in [6.07, 6.45) is 4.49. The van der Waals surface area contributed by atoms with Gasteiger partial charge in [0.05, 0.1) is 5.56 Å². The van der Waals surface area contributed by atoms with Crippen LogP contribution in [0.1, 0.15) is 40.0 Å². The Balaban J connectivity index is 1.22. The number of benzene rings is 2. The molecule has 0 spiro atoms. The molecule has 0 atom stereocenters. The first kappa shape index (κ1) is 20.5. The number of aromatic amines is 1. The molecule has 4 rings (SSSR count). The molecule has 6 heteroatoms. The molecule has 1 amide bonds. The number of nitrogens with one attached hydrogen (secondary N) is 2. The van der Waals surface area contributed by atoms with Crippen LogP contribution in [0, 0.1) is 0 Å². The minimum absolute atomic E-state index is 0.258. The lowest BCUT2D eigenvalue weighted by Gasteiger charge is -2.10. The first-order chi connectivity index (χ1) is 14.7. The number of H-pyrrole nitrogens is 1. The first-order valence-corrected chi connectivity index (χ1v) is 11.5. The molecular weight excluding hydrogens is 396 g/mol. The molecule has 1 aliphatic rings. The number of carbonyl (C=O) groups excluding carboxylic acids is 2. The molecule has 0 saturated heterocycles. The number of amides is 1. The van der Waals surface area contributed by atoms with Gasteiger partial charge in [0.25, 0.3) is 5.91 Å². The number of thioether (sulfide) groups is 1. The molecule has 1 aliphatic carbocycles. The van der Waals surface area contributed by atoms with Crippen molar-refractivity contribution in [2.24, 2.45) is 0 Å². The average Bonchev–Trinajstić information content (AvgIpc) is 3.16. The third kappa shape index (κ3) is 5.05. The van der Waals surface area contributed by atoms with E-state index in [9.17, 15) is 9.59 Å². The predicted octanol–water partition coefficient (Wildman–Crippen LogP) is 4.25. The van der Waals surface area contributed by atoms with Crippen LogP contribution in [0.2, 0.25) is 0 Å². The lowest BCUT2D eigenvalue weighted by molar-refractivity contribution is -0.124. The van der Waals surface area contributed by atoms with Crippen molar-refractivity contribution < 1.29 is 14.3 Å². The molecule has 2 aromatic carbocycles. The highest BCUT2D eigenvalue weighted by Gasteiger charge is 2.17. The summed E-state index contributed by atoms with van der Waals surface area (Å²) >= 11 is 1.76. The Kier molecular flexibility index (Phi) is 6.74. The molecule has 0 radical (unpaired) electrons. The molecule has 0 saturated carbocycles. The van der Waals surface area contributed by atoms with Crippen LogP contribution < -0.4 is 5.32 Å². The van der Waals surface area contributed by atoms with E-state index in [1.54, 1.807) is 17.8 Å². The Morgan fingerprint density at radius 3 is 2.77 bits per heavy atom. The molecule has 0 bridgehead atoms. The van der Waals surface area contributed by atoms with Gasteiger partial charge in [-0.2, -0.15) is 11.8 Å². The van der Waals surface area contributed by atoms with Crippen molar-refractivity contribution in [3.8, 4) is 0 Å². The van der Waals surface area contributed by atoms with Gasteiger partial charge in [-0.3, -0.25) is 4.79 Å². The lowest BCUT2D eigenvalue weighted by Crippen LogP contribution is -2.30. The molecular formula is C24H26N2O3S. The minimum atomic E-state index is -0.462. The Bertz CT molecular complexity index is 1030. The van der Waals surface area contributed by atoms with Crippen molar-refractivity contribution >= 4 is 34.5 Å². The van der Waals surface area contributed by atoms with E-state index in [0.717, 1.165) is 35.3 Å². The maximum atomic E-state index is 12.4. The first-order valence-electron chi connectivity index (χ1n) is 10.4. The van der Waals surface area contributed by atoms with Gasteiger partial charge in [0.2, 0.25) is 0 Å². The molecule has 2 N–H and O–H groups in total. The molecule has 5 nitrogen and oxygen atoms in total. The minimum Gasteiger partial charge on any atom is -0.452 e. The molecule has 0 aliphatic heterocycles. The Morgan fingerprint density at radius 2 is 1.90 bits per heavy atom. The van der Waals surface area contributed by atoms with Crippen molar-refractivity contribution in [1.82, 2.24) is 10.3 Å². The van der Waals surface area contributed by atoms with Crippen LogP contribution in [0.3, 0.4) is 0 Å². The van der Waals surface area contributed by atoms with E-state index in [2.05, 4.69) is 22.4 Å². The van der Waals surface area contributed by atoms with Crippen molar-refractivity contribution in [3.05, 3.63) is 70.9 Å². The third-order valence-electron chi connectivity index (χ3n) is 5.35. The van der Waals surface area contributed by atoms with Crippen LogP contribution in [0.5, 0.6) is 0 Å². The molecule has 1 heterocycles. The smallest absolute Gasteiger partial charge is 0.338 e. The Labute approximate surface area is 180 Å². The van der Waals surface area contributed by atoms with Gasteiger partial charge in [-0.05, 0) is 55.0 Å². The van der Waals surface area contributed by atoms with Crippen LogP contribution in [0.15, 0.2) is 48.5 Å². The summed E-state index contributed by atoms with van der Waals surface area (Å²) in [4.78, 5) is 27.8. The van der Waals surface area contributed by atoms with Gasteiger partial charge in [-0.15, -0.1) is 0 Å². The van der Waals surface area contributed by atoms with Crippen molar-refractivity contribution in [2.75, 3.05) is 18.9 Å². The van der Waals surface area contributed by atoms with Crippen molar-refractivity contribution in [2.45, 2.75) is 31.4 Å². The van der Waals surface area contributed by atoms with Crippen LogP contribution in [-0.2, 0) is 28.1 Å². The highest BCUT2D eigenvalue weighted by Crippen LogP contribution is 2.29. The Morgan fingerprint density at radius 1 is 1.07 bits per heavy atom. The summed E-state index contributed by atoms with van der Waals surface area (Å²) in [5.74, 6) is 0.987. The zero-order valence-corrected chi connectivity index (χ0v) is 17.7. The number of esters is 1. The van der Waals surface area contributed by atoms with Gasteiger partial charge in [0.1, 0.15) is 0 Å². The summed E-state index contributed by atoms with van der Waals surface area (Å²) in [7, 11) is 0. The van der Waals surface area contributed by atoms with E-state index in [1.165, 1.54) is 29.7 Å². The van der Waals surface area contributed by atoms with E-state index >= 15 is 0 Å². The van der Waals surface area contributed by atoms with Crippen LogP contribution in [0.4, 0.5) is 0 Å². The number of fused-ring (bicyclic) bond motifs is 3. The quantitative estimate of drug-likeness (QED) is 0.420. The predicted molar refractivity (Wildman–Crippen MR) is 121 cm³/mol. The third-order valence-corrected chi connectivity index (χ3v) is 6.38. The van der Waals surface area contributed by atoms with Gasteiger partial charge in [-0.25, -0.2) is 4.79 Å². The number of rotatable bonds is 8. The fourth-order valence-corrected chi connectivity index (χ4v) is 4.64. The van der Waals surface area contributed by atoms with Crippen molar-refractivity contribution in [1.29, 1.82) is 0 Å². The van der Waals surface area contributed by atoms with Crippen LogP contribution >= 0.6 is 11.8 Å². The zero-order valence-electron chi connectivity index (χ0n) is 16.9. The second-order valence-corrected chi connectivity index (χ2v) is 8.62. The SMILES string of the molecule is O=C(COC(=O)c1ccc2[nH]c3c(c2c1)CCCC3)NCCSCc1ccccc1. The van der Waals surface area contributed by atoms with E-state index in [-0.39, 0.29) is 12.5 Å².